The van der Waals surface area contributed by atoms with E-state index in [0.717, 1.165) is 24.9 Å². The Balaban J connectivity index is 1.89. The zero-order valence-corrected chi connectivity index (χ0v) is 10.8. The summed E-state index contributed by atoms with van der Waals surface area (Å²) in [6, 6.07) is 7.99. The number of carbonyl (C=O) groups is 1. The van der Waals surface area contributed by atoms with Gasteiger partial charge in [0, 0.05) is 11.6 Å². The number of carbonyl (C=O) groups excluding carboxylic acids is 1. The third kappa shape index (κ3) is 3.57. The molecule has 1 aromatic carbocycles. The number of rotatable bonds is 4. The number of nitrogens with two attached hydrogens (primary N) is 1. The second-order valence-corrected chi connectivity index (χ2v) is 5.06. The molecule has 0 aliphatic heterocycles. The summed E-state index contributed by atoms with van der Waals surface area (Å²) in [5.74, 6) is 0.392. The fraction of sp³-hybridized carbons (Fsp3) is 0.533. The first-order valence-corrected chi connectivity index (χ1v) is 6.89. The number of benzene rings is 1. The molecule has 98 valence electrons. The van der Waals surface area contributed by atoms with Crippen molar-refractivity contribution in [1.82, 2.24) is 0 Å². The molecule has 0 atom stereocenters. The molecule has 2 rings (SSSR count). The van der Waals surface area contributed by atoms with E-state index in [1.807, 2.05) is 24.3 Å². The van der Waals surface area contributed by atoms with Gasteiger partial charge in [0.25, 0.3) is 0 Å². The van der Waals surface area contributed by atoms with Gasteiger partial charge in [-0.1, -0.05) is 31.4 Å². The van der Waals surface area contributed by atoms with Gasteiger partial charge in [0.05, 0.1) is 0 Å². The quantitative estimate of drug-likeness (QED) is 0.858. The normalized spacial score (nSPS) is 16.5. The molecule has 0 heterocycles. The Morgan fingerprint density at radius 1 is 1.17 bits per heavy atom. The van der Waals surface area contributed by atoms with E-state index < -0.39 is 0 Å². The molecule has 0 bridgehead atoms. The van der Waals surface area contributed by atoms with Crippen LogP contribution in [0.1, 0.15) is 37.7 Å². The zero-order valence-electron chi connectivity index (χ0n) is 10.8. The molecule has 1 aliphatic carbocycles. The van der Waals surface area contributed by atoms with Crippen molar-refractivity contribution >= 4 is 11.6 Å². The average molecular weight is 246 g/mol. The molecular formula is C15H22N2O. The van der Waals surface area contributed by atoms with Crippen LogP contribution in [0.3, 0.4) is 0 Å². The Kier molecular flexibility index (Phi) is 4.76. The molecular weight excluding hydrogens is 224 g/mol. The van der Waals surface area contributed by atoms with Gasteiger partial charge in [-0.25, -0.2) is 0 Å². The molecule has 1 aliphatic rings. The Morgan fingerprint density at radius 3 is 2.44 bits per heavy atom. The van der Waals surface area contributed by atoms with Crippen LogP contribution >= 0.6 is 0 Å². The fourth-order valence-electron chi connectivity index (χ4n) is 2.53. The molecule has 3 heteroatoms. The maximum absolute atomic E-state index is 12.0. The van der Waals surface area contributed by atoms with Gasteiger partial charge in [-0.05, 0) is 43.5 Å². The molecule has 0 unspecified atom stereocenters. The molecule has 3 N–H and O–H groups in total. The van der Waals surface area contributed by atoms with Crippen LogP contribution in [-0.2, 0) is 11.2 Å². The van der Waals surface area contributed by atoms with Gasteiger partial charge >= 0.3 is 0 Å². The highest BCUT2D eigenvalue weighted by molar-refractivity contribution is 5.92. The van der Waals surface area contributed by atoms with Crippen LogP contribution in [-0.4, -0.2) is 12.5 Å². The van der Waals surface area contributed by atoms with Crippen LogP contribution in [0.4, 0.5) is 5.69 Å². The lowest BCUT2D eigenvalue weighted by molar-refractivity contribution is -0.120. The second kappa shape index (κ2) is 6.55. The number of anilines is 1. The van der Waals surface area contributed by atoms with Gasteiger partial charge in [-0.3, -0.25) is 4.79 Å². The van der Waals surface area contributed by atoms with Gasteiger partial charge < -0.3 is 11.1 Å². The summed E-state index contributed by atoms with van der Waals surface area (Å²) in [4.78, 5) is 12.0. The molecule has 1 aromatic rings. The summed E-state index contributed by atoms with van der Waals surface area (Å²) in [5.41, 5.74) is 7.62. The van der Waals surface area contributed by atoms with E-state index in [-0.39, 0.29) is 11.8 Å². The zero-order chi connectivity index (χ0) is 12.8. The van der Waals surface area contributed by atoms with E-state index >= 15 is 0 Å². The summed E-state index contributed by atoms with van der Waals surface area (Å²) in [6.07, 6.45) is 6.61. The smallest absolute Gasteiger partial charge is 0.227 e. The summed E-state index contributed by atoms with van der Waals surface area (Å²) in [5, 5.41) is 3.01. The summed E-state index contributed by atoms with van der Waals surface area (Å²) >= 11 is 0. The van der Waals surface area contributed by atoms with Crippen LogP contribution < -0.4 is 11.1 Å². The predicted octanol–water partition coefficient (Wildman–Crippen LogP) is 2.71. The Bertz CT molecular complexity index is 380. The molecule has 0 radical (unpaired) electrons. The average Bonchev–Trinajstić information content (AvgIpc) is 2.42. The number of nitrogens with one attached hydrogen (secondary N) is 1. The Morgan fingerprint density at radius 2 is 1.83 bits per heavy atom. The number of amides is 1. The fourth-order valence-corrected chi connectivity index (χ4v) is 2.53. The van der Waals surface area contributed by atoms with Gasteiger partial charge in [0.15, 0.2) is 0 Å². The standard InChI is InChI=1S/C15H22N2O/c16-11-10-12-6-8-14(9-7-12)17-15(18)13-4-2-1-3-5-13/h6-9,13H,1-5,10-11,16H2,(H,17,18). The Labute approximate surface area is 109 Å². The number of hydrogen-bond acceptors (Lipinski definition) is 2. The SMILES string of the molecule is NCCc1ccc(NC(=O)C2CCCCC2)cc1. The van der Waals surface area contributed by atoms with Crippen LogP contribution in [0.15, 0.2) is 24.3 Å². The van der Waals surface area contributed by atoms with Crippen LogP contribution in [0.2, 0.25) is 0 Å². The maximum atomic E-state index is 12.0. The van der Waals surface area contributed by atoms with Crippen molar-refractivity contribution in [3.05, 3.63) is 29.8 Å². The third-order valence-electron chi connectivity index (χ3n) is 3.63. The lowest BCUT2D eigenvalue weighted by Gasteiger charge is -2.20. The molecule has 18 heavy (non-hydrogen) atoms. The third-order valence-corrected chi connectivity index (χ3v) is 3.63. The van der Waals surface area contributed by atoms with E-state index in [9.17, 15) is 4.79 Å². The van der Waals surface area contributed by atoms with Gasteiger partial charge in [-0.15, -0.1) is 0 Å². The first kappa shape index (κ1) is 13.1. The first-order valence-electron chi connectivity index (χ1n) is 6.89. The van der Waals surface area contributed by atoms with E-state index in [0.29, 0.717) is 6.54 Å². The lowest BCUT2D eigenvalue weighted by Crippen LogP contribution is -2.24. The predicted molar refractivity (Wildman–Crippen MR) is 74.4 cm³/mol. The maximum Gasteiger partial charge on any atom is 0.227 e. The molecule has 0 spiro atoms. The van der Waals surface area contributed by atoms with Gasteiger partial charge in [0.2, 0.25) is 5.91 Å². The van der Waals surface area contributed by atoms with E-state index in [1.54, 1.807) is 0 Å². The van der Waals surface area contributed by atoms with Crippen LogP contribution in [0, 0.1) is 5.92 Å². The first-order chi connectivity index (χ1) is 8.79. The molecule has 0 aromatic heterocycles. The van der Waals surface area contributed by atoms with Crippen molar-refractivity contribution in [2.75, 3.05) is 11.9 Å². The van der Waals surface area contributed by atoms with Crippen LogP contribution in [0.25, 0.3) is 0 Å². The van der Waals surface area contributed by atoms with E-state index in [1.165, 1.54) is 24.8 Å². The summed E-state index contributed by atoms with van der Waals surface area (Å²) < 4.78 is 0. The topological polar surface area (TPSA) is 55.1 Å². The van der Waals surface area contributed by atoms with Crippen molar-refractivity contribution < 1.29 is 4.79 Å². The summed E-state index contributed by atoms with van der Waals surface area (Å²) in [7, 11) is 0. The van der Waals surface area contributed by atoms with Crippen molar-refractivity contribution in [2.24, 2.45) is 11.7 Å². The molecule has 1 saturated carbocycles. The van der Waals surface area contributed by atoms with E-state index in [2.05, 4.69) is 5.32 Å². The highest BCUT2D eigenvalue weighted by Crippen LogP contribution is 2.25. The minimum Gasteiger partial charge on any atom is -0.330 e. The molecule has 3 nitrogen and oxygen atoms in total. The number of hydrogen-bond donors (Lipinski definition) is 2. The van der Waals surface area contributed by atoms with Gasteiger partial charge in [-0.2, -0.15) is 0 Å². The lowest BCUT2D eigenvalue weighted by atomic mass is 9.88. The monoisotopic (exact) mass is 246 g/mol. The van der Waals surface area contributed by atoms with E-state index in [4.69, 9.17) is 5.73 Å². The largest absolute Gasteiger partial charge is 0.330 e. The molecule has 1 amide bonds. The van der Waals surface area contributed by atoms with Crippen molar-refractivity contribution in [3.63, 3.8) is 0 Å². The second-order valence-electron chi connectivity index (χ2n) is 5.06. The van der Waals surface area contributed by atoms with Crippen molar-refractivity contribution in [2.45, 2.75) is 38.5 Å². The summed E-state index contributed by atoms with van der Waals surface area (Å²) in [6.45, 7) is 0.660. The van der Waals surface area contributed by atoms with Crippen molar-refractivity contribution in [3.8, 4) is 0 Å². The van der Waals surface area contributed by atoms with Crippen molar-refractivity contribution in [1.29, 1.82) is 0 Å². The highest BCUT2D eigenvalue weighted by Gasteiger charge is 2.20. The highest BCUT2D eigenvalue weighted by atomic mass is 16.1. The molecule has 0 saturated heterocycles. The minimum absolute atomic E-state index is 0.182. The molecule has 1 fully saturated rings. The minimum atomic E-state index is 0.182. The Hall–Kier alpha value is -1.35. The van der Waals surface area contributed by atoms with Crippen LogP contribution in [0.5, 0.6) is 0 Å². The van der Waals surface area contributed by atoms with Gasteiger partial charge in [0.1, 0.15) is 0 Å².